The molecule has 3 aromatic carbocycles. The number of fused-ring (bicyclic) bond motifs is 1. The molecular formula is C30H33BrO2Si. The predicted octanol–water partition coefficient (Wildman–Crippen LogP) is 6.29. The van der Waals surface area contributed by atoms with Crippen LogP contribution in [-0.4, -0.2) is 18.9 Å². The van der Waals surface area contributed by atoms with E-state index in [0.29, 0.717) is 11.7 Å². The third-order valence-corrected chi connectivity index (χ3v) is 13.5. The van der Waals surface area contributed by atoms with Gasteiger partial charge in [-0.25, -0.2) is 0 Å². The minimum absolute atomic E-state index is 0.212. The molecule has 0 aromatic heterocycles. The summed E-state index contributed by atoms with van der Waals surface area (Å²) < 4.78 is 0.984. The number of ketones is 1. The summed E-state index contributed by atoms with van der Waals surface area (Å²) in [5, 5.41) is 1.91. The van der Waals surface area contributed by atoms with E-state index in [1.54, 1.807) is 0 Å². The molecule has 1 N–H and O–H groups in total. The summed E-state index contributed by atoms with van der Waals surface area (Å²) in [6.45, 7) is 4.52. The molecule has 2 nitrogen and oxygen atoms in total. The summed E-state index contributed by atoms with van der Waals surface area (Å²) in [4.78, 5) is 25.9. The van der Waals surface area contributed by atoms with Crippen molar-refractivity contribution in [1.82, 2.24) is 0 Å². The second kappa shape index (κ2) is 8.89. The van der Waals surface area contributed by atoms with E-state index in [2.05, 4.69) is 66.2 Å². The summed E-state index contributed by atoms with van der Waals surface area (Å²) in [6.07, 6.45) is 5.88. The Hall–Kier alpha value is -2.01. The monoisotopic (exact) mass is 532 g/mol. The Labute approximate surface area is 212 Å². The zero-order valence-electron chi connectivity index (χ0n) is 20.1. The zero-order chi connectivity index (χ0) is 24.0. The van der Waals surface area contributed by atoms with Gasteiger partial charge in [0.25, 0.3) is 8.32 Å². The Bertz CT molecular complexity index is 1140. The van der Waals surface area contributed by atoms with E-state index in [4.69, 9.17) is 0 Å². The highest BCUT2D eigenvalue weighted by molar-refractivity contribution is 9.10. The molecule has 3 aromatic rings. The minimum Gasteiger partial charge on any atom is -0.424 e. The van der Waals surface area contributed by atoms with Crippen molar-refractivity contribution in [2.24, 2.45) is 11.3 Å². The number of carbonyl (C=O) groups is 1. The van der Waals surface area contributed by atoms with Crippen LogP contribution < -0.4 is 10.4 Å². The molecule has 0 bridgehead atoms. The molecule has 2 aliphatic rings. The van der Waals surface area contributed by atoms with Crippen LogP contribution in [0.4, 0.5) is 0 Å². The number of carbonyl (C=O) groups excluding carboxylic acids is 1. The van der Waals surface area contributed by atoms with E-state index in [-0.39, 0.29) is 10.5 Å². The van der Waals surface area contributed by atoms with Crippen molar-refractivity contribution in [2.75, 3.05) is 0 Å². The Morgan fingerprint density at radius 1 is 0.941 bits per heavy atom. The Balaban J connectivity index is 1.37. The first-order chi connectivity index (χ1) is 16.3. The van der Waals surface area contributed by atoms with Gasteiger partial charge in [-0.2, -0.15) is 0 Å². The lowest BCUT2D eigenvalue weighted by Gasteiger charge is -2.45. The second-order valence-corrected chi connectivity index (χ2v) is 15.9. The normalized spacial score (nSPS) is 22.7. The van der Waals surface area contributed by atoms with Crippen LogP contribution in [0.3, 0.4) is 0 Å². The van der Waals surface area contributed by atoms with Crippen LogP contribution in [0.5, 0.6) is 0 Å². The molecule has 0 aliphatic heterocycles. The predicted molar refractivity (Wildman–Crippen MR) is 145 cm³/mol. The Morgan fingerprint density at radius 2 is 1.50 bits per heavy atom. The summed E-state index contributed by atoms with van der Waals surface area (Å²) >= 11 is 3.53. The average molecular weight is 534 g/mol. The first kappa shape index (κ1) is 23.7. The lowest BCUT2D eigenvalue weighted by atomic mass is 9.67. The molecule has 34 heavy (non-hydrogen) atoms. The summed E-state index contributed by atoms with van der Waals surface area (Å²) in [7, 11) is -3.00. The SMILES string of the molecule is CC(C)(CC1CCC2(CC1)Cc1ccc(Br)cc1C2=O)[Si](O)(c1ccccc1)c1ccccc1. The van der Waals surface area contributed by atoms with Crippen LogP contribution >= 0.6 is 15.9 Å². The molecule has 0 heterocycles. The van der Waals surface area contributed by atoms with Crippen molar-refractivity contribution in [2.45, 2.75) is 57.4 Å². The molecule has 0 atom stereocenters. The molecule has 0 unspecified atom stereocenters. The fraction of sp³-hybridized carbons (Fsp3) is 0.367. The van der Waals surface area contributed by atoms with Gasteiger partial charge in [0.2, 0.25) is 0 Å². The van der Waals surface area contributed by atoms with Gasteiger partial charge in [-0.1, -0.05) is 96.5 Å². The Kier molecular flexibility index (Phi) is 6.20. The van der Waals surface area contributed by atoms with Gasteiger partial charge in [-0.15, -0.1) is 0 Å². The van der Waals surface area contributed by atoms with Gasteiger partial charge in [0.15, 0.2) is 5.78 Å². The van der Waals surface area contributed by atoms with Crippen molar-refractivity contribution in [1.29, 1.82) is 0 Å². The quantitative estimate of drug-likeness (QED) is 0.392. The zero-order valence-corrected chi connectivity index (χ0v) is 22.6. The van der Waals surface area contributed by atoms with Gasteiger partial charge < -0.3 is 4.80 Å². The van der Waals surface area contributed by atoms with Crippen molar-refractivity contribution >= 4 is 40.4 Å². The molecule has 0 radical (unpaired) electrons. The molecule has 0 saturated heterocycles. The highest BCUT2D eigenvalue weighted by atomic mass is 79.9. The lowest BCUT2D eigenvalue weighted by molar-refractivity contribution is 0.0693. The standard InChI is InChI=1S/C30H33BrO2Si/c1-29(2,34(33,25-9-5-3-6-10-25)26-11-7-4-8-12-26)20-22-15-17-30(18-16-22)21-23-13-14-24(31)19-27(23)28(30)32/h3-14,19,22,33H,15-18,20-21H2,1-2H3. The molecule has 1 spiro atoms. The molecule has 176 valence electrons. The van der Waals surface area contributed by atoms with Crippen LogP contribution in [-0.2, 0) is 6.42 Å². The molecule has 1 fully saturated rings. The molecular weight excluding hydrogens is 500 g/mol. The molecule has 0 amide bonds. The van der Waals surface area contributed by atoms with E-state index in [1.807, 2.05) is 42.5 Å². The largest absolute Gasteiger partial charge is 0.424 e. The maximum atomic E-state index is 13.4. The number of benzene rings is 3. The van der Waals surface area contributed by atoms with Crippen LogP contribution in [0.15, 0.2) is 83.3 Å². The van der Waals surface area contributed by atoms with E-state index in [1.165, 1.54) is 5.56 Å². The molecule has 2 aliphatic carbocycles. The van der Waals surface area contributed by atoms with Crippen LogP contribution in [0.1, 0.15) is 61.9 Å². The summed E-state index contributed by atoms with van der Waals surface area (Å²) in [5.74, 6) is 0.872. The van der Waals surface area contributed by atoms with Crippen molar-refractivity contribution in [3.05, 3.63) is 94.5 Å². The van der Waals surface area contributed by atoms with Gasteiger partial charge >= 0.3 is 0 Å². The molecule has 1 saturated carbocycles. The maximum absolute atomic E-state index is 13.4. The highest BCUT2D eigenvalue weighted by Gasteiger charge is 2.52. The topological polar surface area (TPSA) is 37.3 Å². The second-order valence-electron chi connectivity index (χ2n) is 11.1. The Morgan fingerprint density at radius 3 is 2.06 bits per heavy atom. The smallest absolute Gasteiger partial charge is 0.258 e. The van der Waals surface area contributed by atoms with Gasteiger partial charge in [0, 0.05) is 15.5 Å². The fourth-order valence-electron chi connectivity index (χ4n) is 6.66. The first-order valence-corrected chi connectivity index (χ1v) is 15.2. The number of Topliss-reactive ketones (excluding diaryl/α,β-unsaturated/α-hetero) is 1. The van der Waals surface area contributed by atoms with Crippen molar-refractivity contribution in [3.8, 4) is 0 Å². The van der Waals surface area contributed by atoms with Gasteiger partial charge in [-0.3, -0.25) is 4.79 Å². The summed E-state index contributed by atoms with van der Waals surface area (Å²) in [5.41, 5.74) is 1.92. The van der Waals surface area contributed by atoms with Gasteiger partial charge in [0.1, 0.15) is 0 Å². The maximum Gasteiger partial charge on any atom is 0.258 e. The number of hydrogen-bond acceptors (Lipinski definition) is 2. The van der Waals surface area contributed by atoms with E-state index in [9.17, 15) is 9.59 Å². The van der Waals surface area contributed by atoms with E-state index < -0.39 is 8.32 Å². The average Bonchev–Trinajstić information content (AvgIpc) is 3.11. The molecule has 5 rings (SSSR count). The summed E-state index contributed by atoms with van der Waals surface area (Å²) in [6, 6.07) is 26.8. The van der Waals surface area contributed by atoms with Crippen molar-refractivity contribution < 1.29 is 9.59 Å². The van der Waals surface area contributed by atoms with E-state index >= 15 is 0 Å². The van der Waals surface area contributed by atoms with Gasteiger partial charge in [0.05, 0.1) is 0 Å². The number of halogens is 1. The van der Waals surface area contributed by atoms with Crippen LogP contribution in [0.25, 0.3) is 0 Å². The number of hydrogen-bond donors (Lipinski definition) is 1. The lowest BCUT2D eigenvalue weighted by Crippen LogP contribution is -2.65. The molecule has 4 heteroatoms. The van der Waals surface area contributed by atoms with E-state index in [0.717, 1.165) is 58.9 Å². The fourth-order valence-corrected chi connectivity index (χ4v) is 10.9. The number of rotatable bonds is 5. The van der Waals surface area contributed by atoms with Crippen LogP contribution in [0.2, 0.25) is 5.04 Å². The third-order valence-electron chi connectivity index (χ3n) is 8.55. The third kappa shape index (κ3) is 3.94. The van der Waals surface area contributed by atoms with Crippen molar-refractivity contribution in [3.63, 3.8) is 0 Å². The highest BCUT2D eigenvalue weighted by Crippen LogP contribution is 2.52. The minimum atomic E-state index is -3.00. The first-order valence-electron chi connectivity index (χ1n) is 12.4. The van der Waals surface area contributed by atoms with Gasteiger partial charge in [-0.05, 0) is 77.6 Å². The van der Waals surface area contributed by atoms with Crippen LogP contribution in [0, 0.1) is 11.3 Å².